The molecule has 2 rings (SSSR count). The summed E-state index contributed by atoms with van der Waals surface area (Å²) in [5.74, 6) is 1.19. The minimum Gasteiger partial charge on any atom is -0.507 e. The van der Waals surface area contributed by atoms with E-state index in [2.05, 4.69) is 34.8 Å². The first-order valence-corrected chi connectivity index (χ1v) is 6.06. The number of nitrogens with zero attached hydrogens (tertiary/aromatic N) is 1. The quantitative estimate of drug-likeness (QED) is 0.907. The molecular weight excluding hydrogens is 270 g/mol. The lowest BCUT2D eigenvalue weighted by Crippen LogP contribution is -2.13. The number of aliphatic imine (C=N–C) groups is 1. The van der Waals surface area contributed by atoms with Gasteiger partial charge in [0.25, 0.3) is 0 Å². The van der Waals surface area contributed by atoms with Crippen LogP contribution in [0.1, 0.15) is 19.4 Å². The molecule has 0 saturated heterocycles. The van der Waals surface area contributed by atoms with Crippen molar-refractivity contribution in [2.45, 2.75) is 19.9 Å². The van der Waals surface area contributed by atoms with Gasteiger partial charge in [0, 0.05) is 4.47 Å². The highest BCUT2D eigenvalue weighted by molar-refractivity contribution is 9.10. The van der Waals surface area contributed by atoms with E-state index in [0.717, 1.165) is 4.47 Å². The van der Waals surface area contributed by atoms with E-state index in [-0.39, 0.29) is 11.8 Å². The summed E-state index contributed by atoms with van der Waals surface area (Å²) in [5, 5.41) is 9.79. The molecule has 0 saturated carbocycles. The van der Waals surface area contributed by atoms with Crippen molar-refractivity contribution >= 4 is 21.8 Å². The standard InChI is InChI=1S/C12H14BrNO2/c1-7(2)10-6-16-12(14-10)9-4-3-8(13)5-11(9)15/h3-5,7,10,15H,6H2,1-2H3/t10-/m1/s1. The summed E-state index contributed by atoms with van der Waals surface area (Å²) in [4.78, 5) is 4.47. The molecule has 1 aromatic carbocycles. The fourth-order valence-corrected chi connectivity index (χ4v) is 1.91. The smallest absolute Gasteiger partial charge is 0.220 e. The van der Waals surface area contributed by atoms with Gasteiger partial charge < -0.3 is 9.84 Å². The van der Waals surface area contributed by atoms with Crippen LogP contribution in [-0.2, 0) is 4.74 Å². The van der Waals surface area contributed by atoms with Crippen molar-refractivity contribution in [1.29, 1.82) is 0 Å². The molecule has 1 atom stereocenters. The number of halogens is 1. The molecule has 1 aliphatic heterocycles. The molecule has 1 N–H and O–H groups in total. The third-order valence-electron chi connectivity index (χ3n) is 2.63. The van der Waals surface area contributed by atoms with Crippen LogP contribution in [0.15, 0.2) is 27.7 Å². The highest BCUT2D eigenvalue weighted by Gasteiger charge is 2.24. The third kappa shape index (κ3) is 2.21. The number of phenols is 1. The molecule has 1 aliphatic rings. The van der Waals surface area contributed by atoms with E-state index in [1.165, 1.54) is 0 Å². The van der Waals surface area contributed by atoms with Gasteiger partial charge in [0.1, 0.15) is 12.4 Å². The molecule has 0 aromatic heterocycles. The van der Waals surface area contributed by atoms with E-state index in [1.54, 1.807) is 12.1 Å². The average molecular weight is 284 g/mol. The summed E-state index contributed by atoms with van der Waals surface area (Å²) >= 11 is 3.30. The van der Waals surface area contributed by atoms with Crippen molar-refractivity contribution in [2.24, 2.45) is 10.9 Å². The summed E-state index contributed by atoms with van der Waals surface area (Å²) in [6, 6.07) is 5.51. The molecule has 0 radical (unpaired) electrons. The molecule has 1 heterocycles. The number of hydrogen-bond donors (Lipinski definition) is 1. The maximum atomic E-state index is 9.79. The van der Waals surface area contributed by atoms with Crippen LogP contribution in [-0.4, -0.2) is 23.7 Å². The lowest BCUT2D eigenvalue weighted by Gasteiger charge is -2.06. The molecule has 0 spiro atoms. The molecule has 16 heavy (non-hydrogen) atoms. The van der Waals surface area contributed by atoms with E-state index in [9.17, 15) is 5.11 Å². The van der Waals surface area contributed by atoms with Crippen molar-refractivity contribution in [3.8, 4) is 5.75 Å². The SMILES string of the molecule is CC(C)[C@H]1COC(c2ccc(Br)cc2O)=N1. The van der Waals surface area contributed by atoms with Gasteiger partial charge in [0.15, 0.2) is 0 Å². The zero-order chi connectivity index (χ0) is 11.7. The Balaban J connectivity index is 2.29. The lowest BCUT2D eigenvalue weighted by atomic mass is 10.1. The Morgan fingerprint density at radius 1 is 1.50 bits per heavy atom. The van der Waals surface area contributed by atoms with E-state index in [0.29, 0.717) is 24.0 Å². The second-order valence-electron chi connectivity index (χ2n) is 4.22. The number of hydrogen-bond acceptors (Lipinski definition) is 3. The Labute approximate surface area is 103 Å². The van der Waals surface area contributed by atoms with Crippen LogP contribution in [0, 0.1) is 5.92 Å². The predicted molar refractivity (Wildman–Crippen MR) is 66.9 cm³/mol. The Kier molecular flexibility index (Phi) is 3.19. The highest BCUT2D eigenvalue weighted by atomic mass is 79.9. The van der Waals surface area contributed by atoms with Crippen LogP contribution in [0.4, 0.5) is 0 Å². The minimum absolute atomic E-state index is 0.192. The number of benzene rings is 1. The van der Waals surface area contributed by atoms with Gasteiger partial charge in [0.2, 0.25) is 5.90 Å². The lowest BCUT2D eigenvalue weighted by molar-refractivity contribution is 0.291. The summed E-state index contributed by atoms with van der Waals surface area (Å²) in [6.07, 6.45) is 0. The second kappa shape index (κ2) is 4.45. The largest absolute Gasteiger partial charge is 0.507 e. The van der Waals surface area contributed by atoms with Gasteiger partial charge >= 0.3 is 0 Å². The summed E-state index contributed by atoms with van der Waals surface area (Å²) in [6.45, 7) is 4.83. The summed E-state index contributed by atoms with van der Waals surface area (Å²) < 4.78 is 6.35. The molecule has 4 heteroatoms. The Hall–Kier alpha value is -1.03. The van der Waals surface area contributed by atoms with E-state index in [4.69, 9.17) is 4.74 Å². The number of ether oxygens (including phenoxy) is 1. The molecule has 0 unspecified atom stereocenters. The Morgan fingerprint density at radius 3 is 2.81 bits per heavy atom. The van der Waals surface area contributed by atoms with Gasteiger partial charge in [-0.3, -0.25) is 0 Å². The minimum atomic E-state index is 0.192. The Morgan fingerprint density at radius 2 is 2.25 bits per heavy atom. The molecular formula is C12H14BrNO2. The fraction of sp³-hybridized carbons (Fsp3) is 0.417. The molecule has 86 valence electrons. The first-order chi connectivity index (χ1) is 7.58. The van der Waals surface area contributed by atoms with Crippen LogP contribution >= 0.6 is 15.9 Å². The molecule has 0 aliphatic carbocycles. The van der Waals surface area contributed by atoms with E-state index < -0.39 is 0 Å². The molecule has 0 amide bonds. The van der Waals surface area contributed by atoms with Crippen molar-refractivity contribution < 1.29 is 9.84 Å². The second-order valence-corrected chi connectivity index (χ2v) is 5.13. The molecule has 0 fully saturated rings. The molecule has 0 bridgehead atoms. The van der Waals surface area contributed by atoms with E-state index >= 15 is 0 Å². The van der Waals surface area contributed by atoms with E-state index in [1.807, 2.05) is 6.07 Å². The maximum Gasteiger partial charge on any atom is 0.220 e. The predicted octanol–water partition coefficient (Wildman–Crippen LogP) is 2.96. The average Bonchev–Trinajstić information content (AvgIpc) is 2.66. The fourth-order valence-electron chi connectivity index (χ4n) is 1.56. The number of phenolic OH excluding ortho intramolecular Hbond substituents is 1. The van der Waals surface area contributed by atoms with Gasteiger partial charge in [-0.15, -0.1) is 0 Å². The number of aromatic hydroxyl groups is 1. The first-order valence-electron chi connectivity index (χ1n) is 5.27. The molecule has 3 nitrogen and oxygen atoms in total. The van der Waals surface area contributed by atoms with Crippen LogP contribution in [0.5, 0.6) is 5.75 Å². The van der Waals surface area contributed by atoms with Crippen molar-refractivity contribution in [1.82, 2.24) is 0 Å². The normalized spacial score (nSPS) is 19.8. The van der Waals surface area contributed by atoms with Crippen LogP contribution in [0.25, 0.3) is 0 Å². The van der Waals surface area contributed by atoms with Crippen LogP contribution in [0.3, 0.4) is 0 Å². The maximum absolute atomic E-state index is 9.79. The van der Waals surface area contributed by atoms with Gasteiger partial charge in [-0.25, -0.2) is 4.99 Å². The summed E-state index contributed by atoms with van der Waals surface area (Å²) in [7, 11) is 0. The van der Waals surface area contributed by atoms with Gasteiger partial charge in [-0.05, 0) is 24.1 Å². The van der Waals surface area contributed by atoms with Crippen molar-refractivity contribution in [3.63, 3.8) is 0 Å². The van der Waals surface area contributed by atoms with Gasteiger partial charge in [-0.2, -0.15) is 0 Å². The van der Waals surface area contributed by atoms with Crippen molar-refractivity contribution in [3.05, 3.63) is 28.2 Å². The zero-order valence-electron chi connectivity index (χ0n) is 9.27. The monoisotopic (exact) mass is 283 g/mol. The summed E-state index contributed by atoms with van der Waals surface area (Å²) in [5.41, 5.74) is 0.659. The molecule has 1 aromatic rings. The van der Waals surface area contributed by atoms with Crippen LogP contribution < -0.4 is 0 Å². The topological polar surface area (TPSA) is 41.8 Å². The van der Waals surface area contributed by atoms with Gasteiger partial charge in [0.05, 0.1) is 11.6 Å². The first kappa shape index (κ1) is 11.5. The zero-order valence-corrected chi connectivity index (χ0v) is 10.9. The van der Waals surface area contributed by atoms with Crippen LogP contribution in [0.2, 0.25) is 0 Å². The number of rotatable bonds is 2. The van der Waals surface area contributed by atoms with Gasteiger partial charge in [-0.1, -0.05) is 29.8 Å². The third-order valence-corrected chi connectivity index (χ3v) is 3.13. The Bertz CT molecular complexity index is 429. The van der Waals surface area contributed by atoms with Crippen molar-refractivity contribution in [2.75, 3.05) is 6.61 Å². The highest BCUT2D eigenvalue weighted by Crippen LogP contribution is 2.26.